The van der Waals surface area contributed by atoms with Crippen molar-refractivity contribution < 1.29 is 73.8 Å². The molecule has 232 valence electrons. The maximum Gasteiger partial charge on any atom is 0.339 e. The summed E-state index contributed by atoms with van der Waals surface area (Å²) in [5.74, 6) is -4.09. The number of carbonyl (C=O) groups excluding carboxylic acids is 1. The van der Waals surface area contributed by atoms with Crippen LogP contribution in [0.2, 0.25) is 0 Å². The summed E-state index contributed by atoms with van der Waals surface area (Å²) in [7, 11) is 1.44. The lowest BCUT2D eigenvalue weighted by atomic mass is 9.73. The van der Waals surface area contributed by atoms with Gasteiger partial charge in [0.05, 0.1) is 50.6 Å². The average molecular weight is 594 g/mol. The van der Waals surface area contributed by atoms with Crippen LogP contribution in [0.3, 0.4) is 0 Å². The van der Waals surface area contributed by atoms with Crippen LogP contribution >= 0.6 is 0 Å². The molecule has 0 aromatic heterocycles. The van der Waals surface area contributed by atoms with Gasteiger partial charge in [0.1, 0.15) is 42.1 Å². The van der Waals surface area contributed by atoms with E-state index in [1.807, 2.05) is 0 Å². The minimum Gasteiger partial charge on any atom is -0.497 e. The zero-order chi connectivity index (χ0) is 30.6. The van der Waals surface area contributed by atoms with Gasteiger partial charge in [-0.2, -0.15) is 0 Å². The summed E-state index contributed by atoms with van der Waals surface area (Å²) in [6.45, 7) is -0.963. The minimum atomic E-state index is -3.05. The third-order valence-electron chi connectivity index (χ3n) is 7.31. The number of ether oxygens (including phenoxy) is 4. The molecule has 2 heterocycles. The number of alkyl halides is 1. The van der Waals surface area contributed by atoms with E-state index in [2.05, 4.69) is 5.32 Å². The van der Waals surface area contributed by atoms with Crippen LogP contribution in [0.25, 0.3) is 0 Å². The first-order valence-corrected chi connectivity index (χ1v) is 12.7. The number of halogens is 1. The monoisotopic (exact) mass is 593 g/mol. The van der Waals surface area contributed by atoms with E-state index < -0.39 is 104 Å². The van der Waals surface area contributed by atoms with Crippen LogP contribution in [-0.4, -0.2) is 140 Å². The molecule has 0 spiro atoms. The normalized spacial score (nSPS) is 36.0. The molecular formula is C25H36FNO14. The van der Waals surface area contributed by atoms with Crippen molar-refractivity contribution in [1.29, 1.82) is 0 Å². The maximum absolute atomic E-state index is 16.4. The molecule has 41 heavy (non-hydrogen) atoms. The van der Waals surface area contributed by atoms with Gasteiger partial charge in [-0.05, 0) is 24.3 Å². The van der Waals surface area contributed by atoms with Gasteiger partial charge in [0.2, 0.25) is 12.2 Å². The minimum absolute atomic E-state index is 0.151. The Labute approximate surface area is 233 Å². The summed E-state index contributed by atoms with van der Waals surface area (Å²) in [5.41, 5.74) is -3.05. The number of methoxy groups -OCH3 is 1. The highest BCUT2D eigenvalue weighted by molar-refractivity contribution is 5.79. The molecule has 0 unspecified atom stereocenters. The molecule has 0 radical (unpaired) electrons. The molecule has 0 aliphatic carbocycles. The summed E-state index contributed by atoms with van der Waals surface area (Å²) in [4.78, 5) is 24.3. The van der Waals surface area contributed by atoms with E-state index in [0.29, 0.717) is 5.75 Å². The predicted octanol–water partition coefficient (Wildman–Crippen LogP) is -3.34. The average Bonchev–Trinajstić information content (AvgIpc) is 2.95. The molecule has 15 nitrogen and oxygen atoms in total. The van der Waals surface area contributed by atoms with Gasteiger partial charge in [-0.25, -0.2) is 9.18 Å². The maximum atomic E-state index is 16.4. The quantitative estimate of drug-likeness (QED) is 0.122. The Bertz CT molecular complexity index is 1030. The second-order valence-electron chi connectivity index (χ2n) is 9.99. The Morgan fingerprint density at radius 1 is 1.12 bits per heavy atom. The second kappa shape index (κ2) is 13.5. The van der Waals surface area contributed by atoms with Gasteiger partial charge >= 0.3 is 5.97 Å². The Balaban J connectivity index is 1.93. The van der Waals surface area contributed by atoms with Crippen molar-refractivity contribution in [3.05, 3.63) is 24.3 Å². The van der Waals surface area contributed by atoms with E-state index in [-0.39, 0.29) is 5.75 Å². The molecule has 16 heteroatoms. The van der Waals surface area contributed by atoms with Crippen LogP contribution < -0.4 is 14.8 Å². The number of benzene rings is 1. The van der Waals surface area contributed by atoms with Gasteiger partial charge in [0, 0.05) is 13.3 Å². The van der Waals surface area contributed by atoms with Crippen LogP contribution in [0.1, 0.15) is 13.3 Å². The van der Waals surface area contributed by atoms with Gasteiger partial charge in [0.25, 0.3) is 0 Å². The number of aliphatic hydroxyl groups excluding tert-OH is 7. The molecule has 0 saturated carbocycles. The number of aliphatic hydroxyl groups is 7. The number of carboxylic acid groups (broad SMARTS) is 1. The fraction of sp³-hybridized carbons (Fsp3) is 0.680. The van der Waals surface area contributed by atoms with Crippen molar-refractivity contribution in [1.82, 2.24) is 5.32 Å². The highest BCUT2D eigenvalue weighted by Gasteiger charge is 2.64. The van der Waals surface area contributed by atoms with E-state index in [0.717, 1.165) is 6.92 Å². The number of hydrogen-bond donors (Lipinski definition) is 9. The van der Waals surface area contributed by atoms with E-state index in [4.69, 9.17) is 18.9 Å². The SMILES string of the molecule is COc1ccc(O[C@@H]2O[C@H](CO)[C@H]([C@H](F)[C@]3(C(=O)O)C[C@H](O)[C@@H](NC(C)=O)[C@H]([C@H](O)[C@H](O)CO)O3)[C@H](O)[C@H]2O)cc1. The van der Waals surface area contributed by atoms with Crippen molar-refractivity contribution in [3.8, 4) is 11.5 Å². The summed E-state index contributed by atoms with van der Waals surface area (Å²) < 4.78 is 38.0. The Morgan fingerprint density at radius 3 is 2.24 bits per heavy atom. The number of hydrogen-bond acceptors (Lipinski definition) is 13. The number of carbonyl (C=O) groups is 2. The molecule has 1 amide bonds. The molecule has 2 fully saturated rings. The highest BCUT2D eigenvalue weighted by atomic mass is 19.1. The van der Waals surface area contributed by atoms with Crippen molar-refractivity contribution in [3.63, 3.8) is 0 Å². The van der Waals surface area contributed by atoms with E-state index in [1.165, 1.54) is 31.4 Å². The standard InChI is InChI=1S/C25H36FNO14/c1-10(30)27-17-13(31)7-25(24(36)37,41-21(17)18(33)14(32)8-28)22(26)16-15(9-29)40-23(20(35)19(16)34)39-12-5-3-11(38-2)4-6-12/h3-6,13-23,28-29,31-35H,7-9H2,1-2H3,(H,27,30)(H,36,37)/t13-,14+,15+,16-,17+,18+,19-,20+,21+,22-,23+,25-/m0/s1. The third kappa shape index (κ3) is 6.71. The molecule has 1 aromatic rings. The Hall–Kier alpha value is -2.67. The van der Waals surface area contributed by atoms with Crippen molar-refractivity contribution in [2.24, 2.45) is 5.92 Å². The summed E-state index contributed by atoms with van der Waals surface area (Å²) in [5, 5.41) is 84.7. The summed E-state index contributed by atoms with van der Waals surface area (Å²) >= 11 is 0. The largest absolute Gasteiger partial charge is 0.497 e. The molecule has 3 rings (SSSR count). The number of aliphatic carboxylic acids is 1. The number of rotatable bonds is 11. The summed E-state index contributed by atoms with van der Waals surface area (Å²) in [6.07, 6.45) is -19.1. The van der Waals surface area contributed by atoms with E-state index >= 15 is 4.39 Å². The van der Waals surface area contributed by atoms with Crippen molar-refractivity contribution in [2.45, 2.75) is 80.2 Å². The molecule has 2 aliphatic heterocycles. The van der Waals surface area contributed by atoms with E-state index in [9.17, 15) is 50.4 Å². The lowest BCUT2D eigenvalue weighted by molar-refractivity contribution is -0.296. The highest BCUT2D eigenvalue weighted by Crippen LogP contribution is 2.43. The van der Waals surface area contributed by atoms with E-state index in [1.54, 1.807) is 0 Å². The zero-order valence-corrected chi connectivity index (χ0v) is 22.2. The van der Waals surface area contributed by atoms with Crippen LogP contribution in [-0.2, 0) is 19.1 Å². The third-order valence-corrected chi connectivity index (χ3v) is 7.31. The molecule has 1 aromatic carbocycles. The fourth-order valence-corrected chi connectivity index (χ4v) is 5.15. The van der Waals surface area contributed by atoms with Crippen LogP contribution in [0.5, 0.6) is 11.5 Å². The number of amides is 1. The Morgan fingerprint density at radius 2 is 1.73 bits per heavy atom. The number of nitrogens with one attached hydrogen (secondary N) is 1. The predicted molar refractivity (Wildman–Crippen MR) is 132 cm³/mol. The molecular weight excluding hydrogens is 557 g/mol. The first-order valence-electron chi connectivity index (χ1n) is 12.7. The van der Waals surface area contributed by atoms with Gasteiger partial charge < -0.3 is 65.1 Å². The first-order chi connectivity index (χ1) is 19.3. The fourth-order valence-electron chi connectivity index (χ4n) is 5.15. The van der Waals surface area contributed by atoms with Gasteiger partial charge in [-0.15, -0.1) is 0 Å². The van der Waals surface area contributed by atoms with Gasteiger partial charge in [-0.1, -0.05) is 0 Å². The van der Waals surface area contributed by atoms with Crippen LogP contribution in [0.4, 0.5) is 4.39 Å². The zero-order valence-electron chi connectivity index (χ0n) is 22.2. The van der Waals surface area contributed by atoms with Gasteiger partial charge in [-0.3, -0.25) is 4.79 Å². The number of carboxylic acids is 1. The molecule has 9 N–H and O–H groups in total. The van der Waals surface area contributed by atoms with Crippen LogP contribution in [0.15, 0.2) is 24.3 Å². The van der Waals surface area contributed by atoms with Crippen molar-refractivity contribution >= 4 is 11.9 Å². The molecule has 2 saturated heterocycles. The lowest BCUT2D eigenvalue weighted by Gasteiger charge is -2.51. The smallest absolute Gasteiger partial charge is 0.339 e. The first kappa shape index (κ1) is 32.8. The summed E-state index contributed by atoms with van der Waals surface area (Å²) in [6, 6.07) is 4.42. The molecule has 2 aliphatic rings. The molecule has 0 bridgehead atoms. The van der Waals surface area contributed by atoms with Gasteiger partial charge in [0.15, 0.2) is 5.60 Å². The topological polar surface area (TPSA) is 245 Å². The Kier molecular flexibility index (Phi) is 10.8. The van der Waals surface area contributed by atoms with Crippen LogP contribution in [0, 0.1) is 5.92 Å². The lowest BCUT2D eigenvalue weighted by Crippen LogP contribution is -2.72. The molecule has 12 atom stereocenters. The second-order valence-corrected chi connectivity index (χ2v) is 9.99. The van der Waals surface area contributed by atoms with Crippen molar-refractivity contribution in [2.75, 3.05) is 20.3 Å².